The Balaban J connectivity index is 3.11. The van der Waals surface area contributed by atoms with Crippen molar-refractivity contribution < 1.29 is 23.1 Å². The van der Waals surface area contributed by atoms with Crippen molar-refractivity contribution in [3.05, 3.63) is 29.1 Å². The SMILES string of the molecule is CCC(C)NC(=O)c1cc(F)c(F)c(O)c1F. The normalized spacial score (nSPS) is 12.3. The van der Waals surface area contributed by atoms with E-state index in [4.69, 9.17) is 5.11 Å². The number of carbonyl (C=O) groups excluding carboxylic acids is 1. The van der Waals surface area contributed by atoms with Gasteiger partial charge in [-0.05, 0) is 19.4 Å². The van der Waals surface area contributed by atoms with Crippen LogP contribution >= 0.6 is 0 Å². The van der Waals surface area contributed by atoms with Crippen molar-refractivity contribution in [3.8, 4) is 5.75 Å². The van der Waals surface area contributed by atoms with Gasteiger partial charge in [0, 0.05) is 6.04 Å². The summed E-state index contributed by atoms with van der Waals surface area (Å²) in [5, 5.41) is 11.3. The van der Waals surface area contributed by atoms with Crippen LogP contribution in [0.25, 0.3) is 0 Å². The van der Waals surface area contributed by atoms with E-state index in [2.05, 4.69) is 5.32 Å². The van der Waals surface area contributed by atoms with E-state index in [1.54, 1.807) is 13.8 Å². The van der Waals surface area contributed by atoms with Gasteiger partial charge >= 0.3 is 0 Å². The second-order valence-corrected chi connectivity index (χ2v) is 3.67. The third-order valence-corrected chi connectivity index (χ3v) is 2.37. The van der Waals surface area contributed by atoms with Gasteiger partial charge in [-0.1, -0.05) is 6.92 Å². The van der Waals surface area contributed by atoms with E-state index in [0.717, 1.165) is 0 Å². The minimum atomic E-state index is -1.71. The number of halogens is 3. The zero-order chi connectivity index (χ0) is 13.2. The molecule has 0 radical (unpaired) electrons. The third-order valence-electron chi connectivity index (χ3n) is 2.37. The van der Waals surface area contributed by atoms with Crippen molar-refractivity contribution in [2.75, 3.05) is 0 Å². The van der Waals surface area contributed by atoms with Gasteiger partial charge in [0.15, 0.2) is 17.4 Å². The Labute approximate surface area is 96.3 Å². The first kappa shape index (κ1) is 13.3. The van der Waals surface area contributed by atoms with Crippen LogP contribution in [0.4, 0.5) is 13.2 Å². The molecule has 3 nitrogen and oxygen atoms in total. The Morgan fingerprint density at radius 3 is 2.53 bits per heavy atom. The highest BCUT2D eigenvalue weighted by Crippen LogP contribution is 2.25. The summed E-state index contributed by atoms with van der Waals surface area (Å²) in [6, 6.07) is 0.180. The monoisotopic (exact) mass is 247 g/mol. The predicted octanol–water partition coefficient (Wildman–Crippen LogP) is 2.34. The summed E-state index contributed by atoms with van der Waals surface area (Å²) in [7, 11) is 0. The van der Waals surface area contributed by atoms with E-state index in [0.29, 0.717) is 12.5 Å². The van der Waals surface area contributed by atoms with Crippen LogP contribution in [0.5, 0.6) is 5.75 Å². The zero-order valence-corrected chi connectivity index (χ0v) is 9.35. The van der Waals surface area contributed by atoms with E-state index in [-0.39, 0.29) is 6.04 Å². The lowest BCUT2D eigenvalue weighted by atomic mass is 10.1. The Kier molecular flexibility index (Phi) is 3.98. The second kappa shape index (κ2) is 5.07. The Bertz CT molecular complexity index is 449. The molecule has 1 amide bonds. The van der Waals surface area contributed by atoms with E-state index < -0.39 is 34.7 Å². The molecule has 0 aliphatic carbocycles. The van der Waals surface area contributed by atoms with Crippen molar-refractivity contribution in [3.63, 3.8) is 0 Å². The Hall–Kier alpha value is -1.72. The predicted molar refractivity (Wildman–Crippen MR) is 55.2 cm³/mol. The molecule has 1 aromatic rings. The zero-order valence-electron chi connectivity index (χ0n) is 9.35. The summed E-state index contributed by atoms with van der Waals surface area (Å²) in [6.45, 7) is 3.47. The molecule has 1 atom stereocenters. The summed E-state index contributed by atoms with van der Waals surface area (Å²) < 4.78 is 39.0. The molecule has 94 valence electrons. The largest absolute Gasteiger partial charge is 0.503 e. The Morgan fingerprint density at radius 2 is 2.00 bits per heavy atom. The van der Waals surface area contributed by atoms with Crippen molar-refractivity contribution in [1.82, 2.24) is 5.32 Å². The first-order valence-electron chi connectivity index (χ1n) is 5.05. The van der Waals surface area contributed by atoms with Gasteiger partial charge in [-0.15, -0.1) is 0 Å². The first-order valence-corrected chi connectivity index (χ1v) is 5.05. The number of hydrogen-bond donors (Lipinski definition) is 2. The van der Waals surface area contributed by atoms with Crippen molar-refractivity contribution in [2.45, 2.75) is 26.3 Å². The maximum atomic E-state index is 13.3. The number of carbonyl (C=O) groups is 1. The lowest BCUT2D eigenvalue weighted by molar-refractivity contribution is 0.0933. The highest BCUT2D eigenvalue weighted by atomic mass is 19.2. The van der Waals surface area contributed by atoms with Gasteiger partial charge in [0.25, 0.3) is 5.91 Å². The highest BCUT2D eigenvalue weighted by Gasteiger charge is 2.22. The molecule has 0 spiro atoms. The number of aromatic hydroxyl groups is 1. The van der Waals surface area contributed by atoms with Crippen LogP contribution < -0.4 is 5.32 Å². The fourth-order valence-electron chi connectivity index (χ4n) is 1.16. The molecule has 0 fully saturated rings. The van der Waals surface area contributed by atoms with Gasteiger partial charge in [-0.2, -0.15) is 4.39 Å². The summed E-state index contributed by atoms with van der Waals surface area (Å²) in [5.74, 6) is -7.03. The molecular formula is C11H12F3NO2. The average Bonchev–Trinajstić information content (AvgIpc) is 2.30. The minimum absolute atomic E-state index is 0.239. The molecular weight excluding hydrogens is 235 g/mol. The standard InChI is InChI=1S/C11H12F3NO2/c1-3-5(2)15-11(17)6-4-7(12)9(14)10(16)8(6)13/h4-5,16H,3H2,1-2H3,(H,15,17). The number of rotatable bonds is 3. The molecule has 1 aromatic carbocycles. The van der Waals surface area contributed by atoms with E-state index >= 15 is 0 Å². The summed E-state index contributed by atoms with van der Waals surface area (Å²) in [5.41, 5.74) is -0.721. The van der Waals surface area contributed by atoms with Gasteiger partial charge < -0.3 is 10.4 Å². The van der Waals surface area contributed by atoms with E-state index in [1.165, 1.54) is 0 Å². The molecule has 0 heterocycles. The molecule has 17 heavy (non-hydrogen) atoms. The smallest absolute Gasteiger partial charge is 0.254 e. The number of phenols is 1. The maximum Gasteiger partial charge on any atom is 0.254 e. The van der Waals surface area contributed by atoms with Gasteiger partial charge in [-0.25, -0.2) is 8.78 Å². The van der Waals surface area contributed by atoms with E-state index in [1.807, 2.05) is 0 Å². The summed E-state index contributed by atoms with van der Waals surface area (Å²) in [4.78, 5) is 11.5. The molecule has 1 unspecified atom stereocenters. The molecule has 6 heteroatoms. The van der Waals surface area contributed by atoms with Crippen LogP contribution in [0.2, 0.25) is 0 Å². The van der Waals surface area contributed by atoms with Crippen LogP contribution in [0.15, 0.2) is 6.07 Å². The fourth-order valence-corrected chi connectivity index (χ4v) is 1.16. The van der Waals surface area contributed by atoms with Crippen LogP contribution in [-0.4, -0.2) is 17.1 Å². The minimum Gasteiger partial charge on any atom is -0.503 e. The molecule has 0 aliphatic heterocycles. The van der Waals surface area contributed by atoms with Gasteiger partial charge in [0.2, 0.25) is 5.82 Å². The Morgan fingerprint density at radius 1 is 1.41 bits per heavy atom. The van der Waals surface area contributed by atoms with Crippen molar-refractivity contribution in [2.24, 2.45) is 0 Å². The van der Waals surface area contributed by atoms with Gasteiger partial charge in [0.05, 0.1) is 5.56 Å². The van der Waals surface area contributed by atoms with Gasteiger partial charge in [0.1, 0.15) is 0 Å². The quantitative estimate of drug-likeness (QED) is 0.805. The maximum absolute atomic E-state index is 13.3. The molecule has 0 aromatic heterocycles. The van der Waals surface area contributed by atoms with Gasteiger partial charge in [-0.3, -0.25) is 4.79 Å². The third kappa shape index (κ3) is 2.69. The number of benzene rings is 1. The lowest BCUT2D eigenvalue weighted by Crippen LogP contribution is -2.32. The van der Waals surface area contributed by atoms with Crippen LogP contribution in [-0.2, 0) is 0 Å². The number of phenolic OH excluding ortho intramolecular Hbond substituents is 1. The molecule has 0 aliphatic rings. The fraction of sp³-hybridized carbons (Fsp3) is 0.364. The number of nitrogens with one attached hydrogen (secondary N) is 1. The molecule has 2 N–H and O–H groups in total. The van der Waals surface area contributed by atoms with Crippen LogP contribution in [0.3, 0.4) is 0 Å². The molecule has 0 saturated heterocycles. The number of hydrogen-bond acceptors (Lipinski definition) is 2. The lowest BCUT2D eigenvalue weighted by Gasteiger charge is -2.12. The molecule has 0 saturated carbocycles. The average molecular weight is 247 g/mol. The molecule has 0 bridgehead atoms. The molecule has 1 rings (SSSR count). The second-order valence-electron chi connectivity index (χ2n) is 3.67. The first-order chi connectivity index (χ1) is 7.88. The summed E-state index contributed by atoms with van der Waals surface area (Å²) in [6.07, 6.45) is 0.600. The van der Waals surface area contributed by atoms with Crippen LogP contribution in [0, 0.1) is 17.5 Å². The van der Waals surface area contributed by atoms with Crippen molar-refractivity contribution >= 4 is 5.91 Å². The van der Waals surface area contributed by atoms with Crippen molar-refractivity contribution in [1.29, 1.82) is 0 Å². The number of amides is 1. The highest BCUT2D eigenvalue weighted by molar-refractivity contribution is 5.95. The van der Waals surface area contributed by atoms with Crippen LogP contribution in [0.1, 0.15) is 30.6 Å². The topological polar surface area (TPSA) is 49.3 Å². The van der Waals surface area contributed by atoms with E-state index in [9.17, 15) is 18.0 Å². The summed E-state index contributed by atoms with van der Waals surface area (Å²) >= 11 is 0.